The van der Waals surface area contributed by atoms with E-state index in [0.717, 1.165) is 49.9 Å². The smallest absolute Gasteiger partial charge is 0.396 e. The van der Waals surface area contributed by atoms with Crippen molar-refractivity contribution in [2.24, 2.45) is 0 Å². The molecule has 0 bridgehead atoms. The van der Waals surface area contributed by atoms with Crippen LogP contribution < -0.4 is 0 Å². The van der Waals surface area contributed by atoms with E-state index in [9.17, 15) is 13.2 Å². The Morgan fingerprint density at radius 3 is 2.45 bits per heavy atom. The molecule has 1 heterocycles. The molecule has 1 unspecified atom stereocenters. The standard InChI is InChI=1S/C15H20F3NO/c16-15(17,18)13-6-4-12(5-7-13)11-19-9-2-1-3-14(19)8-10-20/h4-7,14,20H,1-3,8-11H2. The molecule has 112 valence electrons. The van der Waals surface area contributed by atoms with Gasteiger partial charge in [0.2, 0.25) is 0 Å². The first-order valence-electron chi connectivity index (χ1n) is 7.02. The van der Waals surface area contributed by atoms with Crippen LogP contribution in [0.3, 0.4) is 0 Å². The second-order valence-electron chi connectivity index (χ2n) is 5.33. The van der Waals surface area contributed by atoms with Crippen LogP contribution in [0.5, 0.6) is 0 Å². The van der Waals surface area contributed by atoms with Gasteiger partial charge in [-0.3, -0.25) is 4.90 Å². The normalized spacial score (nSPS) is 21.1. The maximum absolute atomic E-state index is 12.5. The summed E-state index contributed by atoms with van der Waals surface area (Å²) in [7, 11) is 0. The number of halogens is 3. The first-order chi connectivity index (χ1) is 9.50. The fourth-order valence-electron chi connectivity index (χ4n) is 2.78. The number of nitrogens with zero attached hydrogens (tertiary/aromatic N) is 1. The zero-order valence-electron chi connectivity index (χ0n) is 11.4. The predicted octanol–water partition coefficient (Wildman–Crippen LogP) is 3.44. The highest BCUT2D eigenvalue weighted by atomic mass is 19.4. The molecule has 0 radical (unpaired) electrons. The molecule has 1 aliphatic rings. The van der Waals surface area contributed by atoms with Crippen molar-refractivity contribution < 1.29 is 18.3 Å². The number of piperidine rings is 1. The molecule has 1 aromatic carbocycles. The van der Waals surface area contributed by atoms with E-state index < -0.39 is 11.7 Å². The molecule has 0 spiro atoms. The third-order valence-electron chi connectivity index (χ3n) is 3.88. The van der Waals surface area contributed by atoms with Gasteiger partial charge in [0, 0.05) is 19.2 Å². The summed E-state index contributed by atoms with van der Waals surface area (Å²) in [5.41, 5.74) is 0.287. The summed E-state index contributed by atoms with van der Waals surface area (Å²) in [5.74, 6) is 0. The molecule has 0 amide bonds. The number of hydrogen-bond donors (Lipinski definition) is 1. The van der Waals surface area contributed by atoms with Crippen LogP contribution in [-0.4, -0.2) is 29.2 Å². The molecular weight excluding hydrogens is 267 g/mol. The fourth-order valence-corrected chi connectivity index (χ4v) is 2.78. The minimum atomic E-state index is -4.27. The van der Waals surface area contributed by atoms with Gasteiger partial charge in [0.25, 0.3) is 0 Å². The first kappa shape index (κ1) is 15.3. The predicted molar refractivity (Wildman–Crippen MR) is 71.2 cm³/mol. The lowest BCUT2D eigenvalue weighted by Gasteiger charge is -2.35. The summed E-state index contributed by atoms with van der Waals surface area (Å²) in [6, 6.07) is 5.72. The van der Waals surface area contributed by atoms with Crippen LogP contribution in [0.15, 0.2) is 24.3 Å². The Hall–Kier alpha value is -1.07. The summed E-state index contributed by atoms with van der Waals surface area (Å²) >= 11 is 0. The first-order valence-corrected chi connectivity index (χ1v) is 7.02. The van der Waals surface area contributed by atoms with Gasteiger partial charge in [0.15, 0.2) is 0 Å². The SMILES string of the molecule is OCCC1CCCCN1Cc1ccc(C(F)(F)F)cc1. The van der Waals surface area contributed by atoms with Gasteiger partial charge in [0.05, 0.1) is 5.56 Å². The Kier molecular flexibility index (Phi) is 5.05. The summed E-state index contributed by atoms with van der Waals surface area (Å²) in [5, 5.41) is 9.08. The number of hydrogen-bond acceptors (Lipinski definition) is 2. The van der Waals surface area contributed by atoms with E-state index in [0.29, 0.717) is 12.6 Å². The quantitative estimate of drug-likeness (QED) is 0.917. The van der Waals surface area contributed by atoms with E-state index in [4.69, 9.17) is 5.11 Å². The average molecular weight is 287 g/mol. The molecule has 1 fully saturated rings. The van der Waals surface area contributed by atoms with Gasteiger partial charge in [-0.2, -0.15) is 13.2 Å². The van der Waals surface area contributed by atoms with Gasteiger partial charge in [-0.25, -0.2) is 0 Å². The van der Waals surface area contributed by atoms with Gasteiger partial charge >= 0.3 is 6.18 Å². The number of alkyl halides is 3. The number of likely N-dealkylation sites (tertiary alicyclic amines) is 1. The van der Waals surface area contributed by atoms with Crippen LogP contribution in [0.25, 0.3) is 0 Å². The Labute approximate surface area is 117 Å². The Bertz CT molecular complexity index is 414. The molecule has 5 heteroatoms. The van der Waals surface area contributed by atoms with E-state index in [2.05, 4.69) is 4.90 Å². The van der Waals surface area contributed by atoms with Crippen LogP contribution in [0.4, 0.5) is 13.2 Å². The summed E-state index contributed by atoms with van der Waals surface area (Å²) in [6.45, 7) is 1.77. The summed E-state index contributed by atoms with van der Waals surface area (Å²) in [4.78, 5) is 2.27. The van der Waals surface area contributed by atoms with Crippen molar-refractivity contribution in [3.05, 3.63) is 35.4 Å². The summed E-state index contributed by atoms with van der Waals surface area (Å²) < 4.78 is 37.5. The molecule has 2 rings (SSSR count). The molecule has 1 aliphatic heterocycles. The average Bonchev–Trinajstić information content (AvgIpc) is 2.41. The van der Waals surface area contributed by atoms with Gasteiger partial charge < -0.3 is 5.11 Å². The highest BCUT2D eigenvalue weighted by Crippen LogP contribution is 2.29. The number of benzene rings is 1. The van der Waals surface area contributed by atoms with E-state index >= 15 is 0 Å². The number of aliphatic hydroxyl groups excluding tert-OH is 1. The molecule has 0 saturated carbocycles. The van der Waals surface area contributed by atoms with Crippen LogP contribution in [0, 0.1) is 0 Å². The lowest BCUT2D eigenvalue weighted by atomic mass is 9.98. The second kappa shape index (κ2) is 6.59. The lowest BCUT2D eigenvalue weighted by Crippen LogP contribution is -2.39. The third kappa shape index (κ3) is 3.96. The van der Waals surface area contributed by atoms with E-state index in [-0.39, 0.29) is 6.61 Å². The number of rotatable bonds is 4. The van der Waals surface area contributed by atoms with Crippen molar-refractivity contribution in [1.29, 1.82) is 0 Å². The Balaban J connectivity index is 2.01. The maximum atomic E-state index is 12.5. The van der Waals surface area contributed by atoms with Crippen molar-refractivity contribution in [3.8, 4) is 0 Å². The van der Waals surface area contributed by atoms with Crippen LogP contribution in [0.1, 0.15) is 36.8 Å². The van der Waals surface area contributed by atoms with Crippen molar-refractivity contribution >= 4 is 0 Å². The minimum absolute atomic E-state index is 0.161. The van der Waals surface area contributed by atoms with E-state index in [1.54, 1.807) is 12.1 Å². The highest BCUT2D eigenvalue weighted by molar-refractivity contribution is 5.24. The summed E-state index contributed by atoms with van der Waals surface area (Å²) in [6.07, 6.45) is -0.207. The van der Waals surface area contributed by atoms with Crippen molar-refractivity contribution in [2.75, 3.05) is 13.2 Å². The van der Waals surface area contributed by atoms with Crippen molar-refractivity contribution in [2.45, 2.75) is 44.4 Å². The van der Waals surface area contributed by atoms with Crippen molar-refractivity contribution in [3.63, 3.8) is 0 Å². The number of aliphatic hydroxyl groups is 1. The van der Waals surface area contributed by atoms with Gasteiger partial charge in [0.1, 0.15) is 0 Å². The molecule has 20 heavy (non-hydrogen) atoms. The molecule has 1 N–H and O–H groups in total. The maximum Gasteiger partial charge on any atom is 0.416 e. The molecule has 0 aromatic heterocycles. The molecule has 1 aromatic rings. The van der Waals surface area contributed by atoms with Gasteiger partial charge in [-0.05, 0) is 43.5 Å². The fraction of sp³-hybridized carbons (Fsp3) is 0.600. The zero-order valence-corrected chi connectivity index (χ0v) is 11.4. The van der Waals surface area contributed by atoms with Crippen molar-refractivity contribution in [1.82, 2.24) is 4.90 Å². The monoisotopic (exact) mass is 287 g/mol. The molecule has 0 aliphatic carbocycles. The molecular formula is C15H20F3NO. The highest BCUT2D eigenvalue weighted by Gasteiger charge is 2.30. The van der Waals surface area contributed by atoms with E-state index in [1.165, 1.54) is 0 Å². The van der Waals surface area contributed by atoms with Gasteiger partial charge in [-0.1, -0.05) is 18.6 Å². The minimum Gasteiger partial charge on any atom is -0.396 e. The lowest BCUT2D eigenvalue weighted by molar-refractivity contribution is -0.137. The van der Waals surface area contributed by atoms with Gasteiger partial charge in [-0.15, -0.1) is 0 Å². The molecule has 1 atom stereocenters. The second-order valence-corrected chi connectivity index (χ2v) is 5.33. The van der Waals surface area contributed by atoms with Crippen LogP contribution in [-0.2, 0) is 12.7 Å². The Morgan fingerprint density at radius 2 is 1.85 bits per heavy atom. The largest absolute Gasteiger partial charge is 0.416 e. The topological polar surface area (TPSA) is 23.5 Å². The van der Waals surface area contributed by atoms with E-state index in [1.807, 2.05) is 0 Å². The van der Waals surface area contributed by atoms with Crippen LogP contribution >= 0.6 is 0 Å². The van der Waals surface area contributed by atoms with Crippen LogP contribution in [0.2, 0.25) is 0 Å². The zero-order chi connectivity index (χ0) is 14.6. The third-order valence-corrected chi connectivity index (χ3v) is 3.88. The molecule has 1 saturated heterocycles. The molecule has 2 nitrogen and oxygen atoms in total. The Morgan fingerprint density at radius 1 is 1.15 bits per heavy atom.